The highest BCUT2D eigenvalue weighted by atomic mass is 16.2. The van der Waals surface area contributed by atoms with Crippen LogP contribution in [0, 0.1) is 0 Å². The molecule has 1 aromatic heterocycles. The molecule has 1 aromatic carbocycles. The lowest BCUT2D eigenvalue weighted by Gasteiger charge is -2.19. The summed E-state index contributed by atoms with van der Waals surface area (Å²) >= 11 is 0. The van der Waals surface area contributed by atoms with Gasteiger partial charge in [0, 0.05) is 33.3 Å². The first-order chi connectivity index (χ1) is 11.1. The van der Waals surface area contributed by atoms with Crippen molar-refractivity contribution in [3.63, 3.8) is 0 Å². The van der Waals surface area contributed by atoms with Gasteiger partial charge in [0.2, 0.25) is 5.91 Å². The molecule has 0 saturated heterocycles. The van der Waals surface area contributed by atoms with Gasteiger partial charge in [0.15, 0.2) is 0 Å². The number of aromatic nitrogens is 2. The van der Waals surface area contributed by atoms with E-state index in [-0.39, 0.29) is 5.91 Å². The smallest absolute Gasteiger partial charge is 0.222 e. The van der Waals surface area contributed by atoms with Gasteiger partial charge in [0.1, 0.15) is 0 Å². The van der Waals surface area contributed by atoms with Crippen LogP contribution in [0.4, 0.5) is 0 Å². The fourth-order valence-corrected chi connectivity index (χ4v) is 3.47. The number of carbonyl (C=O) groups excluding carboxylic acids is 1. The van der Waals surface area contributed by atoms with Crippen LogP contribution >= 0.6 is 0 Å². The Morgan fingerprint density at radius 3 is 3.00 bits per heavy atom. The standard InChI is InChI=1S/C19H25N3O/c1-21(11-5-6-15-13-20-22(2)14-15)19(23)12-17-10-9-16-7-3-4-8-18(16)17/h3-4,7-8,13-14,17H,5-6,9-12H2,1-2H3/t17-/m1/s1. The van der Waals surface area contributed by atoms with Crippen molar-refractivity contribution in [1.29, 1.82) is 0 Å². The molecule has 0 fully saturated rings. The molecule has 0 radical (unpaired) electrons. The first kappa shape index (κ1) is 15.8. The molecule has 0 saturated carbocycles. The van der Waals surface area contributed by atoms with Crippen LogP contribution in [0.25, 0.3) is 0 Å². The summed E-state index contributed by atoms with van der Waals surface area (Å²) < 4.78 is 1.82. The zero-order valence-corrected chi connectivity index (χ0v) is 14.0. The topological polar surface area (TPSA) is 38.1 Å². The van der Waals surface area contributed by atoms with Crippen molar-refractivity contribution < 1.29 is 4.79 Å². The molecule has 1 amide bonds. The predicted octanol–water partition coefficient (Wildman–Crippen LogP) is 2.93. The monoisotopic (exact) mass is 311 g/mol. The number of carbonyl (C=O) groups is 1. The zero-order valence-electron chi connectivity index (χ0n) is 14.0. The highest BCUT2D eigenvalue weighted by Gasteiger charge is 2.25. The van der Waals surface area contributed by atoms with E-state index in [0.29, 0.717) is 12.3 Å². The summed E-state index contributed by atoms with van der Waals surface area (Å²) in [6, 6.07) is 8.55. The molecule has 2 aromatic rings. The molecular formula is C19H25N3O. The van der Waals surface area contributed by atoms with E-state index in [1.54, 1.807) is 0 Å². The maximum absolute atomic E-state index is 12.5. The summed E-state index contributed by atoms with van der Waals surface area (Å²) in [7, 11) is 3.85. The third-order valence-corrected chi connectivity index (χ3v) is 4.82. The average molecular weight is 311 g/mol. The van der Waals surface area contributed by atoms with E-state index in [0.717, 1.165) is 32.2 Å². The number of hydrogen-bond acceptors (Lipinski definition) is 2. The van der Waals surface area contributed by atoms with Gasteiger partial charge in [-0.2, -0.15) is 5.10 Å². The van der Waals surface area contributed by atoms with Gasteiger partial charge >= 0.3 is 0 Å². The molecule has 0 bridgehead atoms. The van der Waals surface area contributed by atoms with Crippen LogP contribution in [0.15, 0.2) is 36.7 Å². The van der Waals surface area contributed by atoms with Gasteiger partial charge in [-0.15, -0.1) is 0 Å². The Morgan fingerprint density at radius 1 is 1.39 bits per heavy atom. The van der Waals surface area contributed by atoms with E-state index in [1.807, 2.05) is 36.1 Å². The lowest BCUT2D eigenvalue weighted by atomic mass is 9.97. The van der Waals surface area contributed by atoms with E-state index >= 15 is 0 Å². The van der Waals surface area contributed by atoms with E-state index in [9.17, 15) is 4.79 Å². The molecule has 122 valence electrons. The zero-order chi connectivity index (χ0) is 16.2. The van der Waals surface area contributed by atoms with Crippen molar-refractivity contribution in [2.45, 2.75) is 38.0 Å². The van der Waals surface area contributed by atoms with Crippen molar-refractivity contribution in [2.24, 2.45) is 7.05 Å². The van der Waals surface area contributed by atoms with Crippen molar-refractivity contribution in [1.82, 2.24) is 14.7 Å². The molecule has 0 unspecified atom stereocenters. The van der Waals surface area contributed by atoms with E-state index in [1.165, 1.54) is 16.7 Å². The molecule has 3 rings (SSSR count). The van der Waals surface area contributed by atoms with E-state index < -0.39 is 0 Å². The fraction of sp³-hybridized carbons (Fsp3) is 0.474. The average Bonchev–Trinajstić information content (AvgIpc) is 3.14. The normalized spacial score (nSPS) is 16.3. The van der Waals surface area contributed by atoms with Gasteiger partial charge in [0.25, 0.3) is 0 Å². The predicted molar refractivity (Wildman–Crippen MR) is 91.3 cm³/mol. The summed E-state index contributed by atoms with van der Waals surface area (Å²) in [5.74, 6) is 0.664. The minimum absolute atomic E-state index is 0.262. The Kier molecular flexibility index (Phi) is 4.79. The Bertz CT molecular complexity index is 677. The number of hydrogen-bond donors (Lipinski definition) is 0. The molecule has 0 aliphatic heterocycles. The van der Waals surface area contributed by atoms with Crippen LogP contribution in [0.3, 0.4) is 0 Å². The van der Waals surface area contributed by atoms with Crippen LogP contribution in [0.5, 0.6) is 0 Å². The fourth-order valence-electron chi connectivity index (χ4n) is 3.47. The number of benzene rings is 1. The van der Waals surface area contributed by atoms with Crippen molar-refractivity contribution in [3.8, 4) is 0 Å². The number of amides is 1. The van der Waals surface area contributed by atoms with Gasteiger partial charge in [0.05, 0.1) is 6.20 Å². The SMILES string of the molecule is CN(CCCc1cnn(C)c1)C(=O)C[C@H]1CCc2ccccc21. The summed E-state index contributed by atoms with van der Waals surface area (Å²) in [5.41, 5.74) is 4.03. The molecular weight excluding hydrogens is 286 g/mol. The molecule has 1 atom stereocenters. The second-order valence-corrected chi connectivity index (χ2v) is 6.58. The van der Waals surface area contributed by atoms with Gasteiger partial charge < -0.3 is 4.90 Å². The second-order valence-electron chi connectivity index (χ2n) is 6.58. The number of aryl methyl sites for hydroxylation is 3. The molecule has 0 N–H and O–H groups in total. The van der Waals surface area contributed by atoms with Crippen LogP contribution in [0.2, 0.25) is 0 Å². The second kappa shape index (κ2) is 6.99. The molecule has 23 heavy (non-hydrogen) atoms. The van der Waals surface area contributed by atoms with Crippen LogP contribution < -0.4 is 0 Å². The molecule has 1 aliphatic carbocycles. The number of nitrogens with zero attached hydrogens (tertiary/aromatic N) is 3. The van der Waals surface area contributed by atoms with E-state index in [2.05, 4.69) is 29.4 Å². The molecule has 4 nitrogen and oxygen atoms in total. The lowest BCUT2D eigenvalue weighted by Crippen LogP contribution is -2.29. The Balaban J connectivity index is 1.47. The minimum Gasteiger partial charge on any atom is -0.346 e. The number of fused-ring (bicyclic) bond motifs is 1. The van der Waals surface area contributed by atoms with Gasteiger partial charge in [-0.1, -0.05) is 24.3 Å². The third-order valence-electron chi connectivity index (χ3n) is 4.82. The Hall–Kier alpha value is -2.10. The van der Waals surface area contributed by atoms with E-state index in [4.69, 9.17) is 0 Å². The summed E-state index contributed by atoms with van der Waals surface area (Å²) in [4.78, 5) is 14.4. The molecule has 4 heteroatoms. The third kappa shape index (κ3) is 3.81. The van der Waals surface area contributed by atoms with Crippen molar-refractivity contribution >= 4 is 5.91 Å². The largest absolute Gasteiger partial charge is 0.346 e. The highest BCUT2D eigenvalue weighted by Crippen LogP contribution is 2.35. The highest BCUT2D eigenvalue weighted by molar-refractivity contribution is 5.77. The van der Waals surface area contributed by atoms with Crippen LogP contribution in [-0.2, 0) is 24.7 Å². The summed E-state index contributed by atoms with van der Waals surface area (Å²) in [5, 5.41) is 4.18. The van der Waals surface area contributed by atoms with Crippen LogP contribution in [-0.4, -0.2) is 34.2 Å². The molecule has 1 heterocycles. The Labute approximate surface area is 138 Å². The van der Waals surface area contributed by atoms with Gasteiger partial charge in [-0.05, 0) is 48.3 Å². The van der Waals surface area contributed by atoms with Crippen LogP contribution in [0.1, 0.15) is 41.9 Å². The first-order valence-corrected chi connectivity index (χ1v) is 8.43. The summed E-state index contributed by atoms with van der Waals surface area (Å²) in [6.45, 7) is 0.808. The minimum atomic E-state index is 0.262. The first-order valence-electron chi connectivity index (χ1n) is 8.43. The maximum atomic E-state index is 12.5. The van der Waals surface area contributed by atoms with Crippen molar-refractivity contribution in [2.75, 3.05) is 13.6 Å². The quantitative estimate of drug-likeness (QED) is 0.822. The molecule has 0 spiro atoms. The molecule has 1 aliphatic rings. The van der Waals surface area contributed by atoms with Gasteiger partial charge in [-0.25, -0.2) is 0 Å². The summed E-state index contributed by atoms with van der Waals surface area (Å²) in [6.07, 6.45) is 8.75. The van der Waals surface area contributed by atoms with Gasteiger partial charge in [-0.3, -0.25) is 9.48 Å². The number of rotatable bonds is 6. The maximum Gasteiger partial charge on any atom is 0.222 e. The Morgan fingerprint density at radius 2 is 2.22 bits per heavy atom. The van der Waals surface area contributed by atoms with Crippen molar-refractivity contribution in [3.05, 3.63) is 53.3 Å². The lowest BCUT2D eigenvalue weighted by molar-refractivity contribution is -0.130.